The fourth-order valence-corrected chi connectivity index (χ4v) is 5.97. The van der Waals surface area contributed by atoms with E-state index in [0.29, 0.717) is 25.5 Å². The van der Waals surface area contributed by atoms with Gasteiger partial charge in [0.1, 0.15) is 24.2 Å². The van der Waals surface area contributed by atoms with Crippen LogP contribution in [0.25, 0.3) is 0 Å². The van der Waals surface area contributed by atoms with Crippen molar-refractivity contribution in [2.45, 2.75) is 118 Å². The van der Waals surface area contributed by atoms with E-state index in [2.05, 4.69) is 41.7 Å². The fraction of sp³-hybridized carbons (Fsp3) is 0.844. The first kappa shape index (κ1) is 39.8. The molecule has 13 nitrogen and oxygen atoms in total. The Morgan fingerprint density at radius 3 is 2.39 bits per heavy atom. The van der Waals surface area contributed by atoms with E-state index in [1.54, 1.807) is 4.68 Å². The van der Waals surface area contributed by atoms with Gasteiger partial charge in [-0.3, -0.25) is 18.9 Å². The van der Waals surface area contributed by atoms with Gasteiger partial charge in [0, 0.05) is 30.8 Å². The van der Waals surface area contributed by atoms with Crippen LogP contribution in [0.3, 0.4) is 0 Å². The first-order valence-electron chi connectivity index (χ1n) is 16.6. The maximum Gasteiger partial charge on any atom is 0.266 e. The molecule has 46 heavy (non-hydrogen) atoms. The number of ketones is 1. The number of carbonyl (C=O) groups is 3. The van der Waals surface area contributed by atoms with Crippen LogP contribution in [0, 0.1) is 16.7 Å². The number of nitrogens with zero attached hydrogens (tertiary/aromatic N) is 3. The molecule has 0 radical (unpaired) electrons. The molecule has 1 aromatic rings. The molecule has 0 spiro atoms. The molecule has 1 heterocycles. The zero-order valence-corrected chi connectivity index (χ0v) is 29.5. The number of nitrogens with one attached hydrogen (secondary N) is 2. The Labute approximate surface area is 275 Å². The number of hydrogen-bond acceptors (Lipinski definition) is 9. The van der Waals surface area contributed by atoms with Gasteiger partial charge in [0.25, 0.3) is 10.1 Å². The van der Waals surface area contributed by atoms with Crippen molar-refractivity contribution in [1.82, 2.24) is 25.6 Å². The van der Waals surface area contributed by atoms with E-state index in [1.165, 1.54) is 0 Å². The Bertz CT molecular complexity index is 1220. The topological polar surface area (TPSA) is 179 Å². The number of fused-ring (bicyclic) bond motifs is 1. The molecule has 0 saturated heterocycles. The van der Waals surface area contributed by atoms with Gasteiger partial charge in [-0.2, -0.15) is 8.42 Å². The molecule has 0 fully saturated rings. The lowest BCUT2D eigenvalue weighted by Gasteiger charge is -2.30. The van der Waals surface area contributed by atoms with Crippen molar-refractivity contribution in [2.24, 2.45) is 16.7 Å². The molecular weight excluding hydrogens is 614 g/mol. The molecule has 264 valence electrons. The van der Waals surface area contributed by atoms with E-state index in [9.17, 15) is 22.8 Å². The van der Waals surface area contributed by atoms with Crippen LogP contribution in [0.5, 0.6) is 0 Å². The normalized spacial score (nSPS) is 16.6. The highest BCUT2D eigenvalue weighted by atomic mass is 32.2. The summed E-state index contributed by atoms with van der Waals surface area (Å²) in [6.07, 6.45) is 7.61. The summed E-state index contributed by atoms with van der Waals surface area (Å²) >= 11 is 0. The molecule has 3 N–H and O–H groups in total. The SMILES string of the molecule is CC(C)(C)C[C@H](CCCCNC(=O)COC1CCCCCc2c1nnn2CCOCCC(=O)NCCS(=O)(=O)O)C(=O)C(C)(C)C. The summed E-state index contributed by atoms with van der Waals surface area (Å²) in [7, 11) is -4.12. The molecule has 0 aromatic carbocycles. The molecule has 1 aliphatic rings. The summed E-state index contributed by atoms with van der Waals surface area (Å²) in [6.45, 7) is 13.7. The second-order valence-electron chi connectivity index (χ2n) is 14.5. The van der Waals surface area contributed by atoms with Crippen LogP contribution in [0.1, 0.15) is 117 Å². The number of Topliss-reactive ketones (excluding diaryl/α,β-unsaturated/α-hetero) is 1. The molecule has 1 aromatic heterocycles. The highest BCUT2D eigenvalue weighted by molar-refractivity contribution is 7.85. The fourth-order valence-electron chi connectivity index (χ4n) is 5.61. The third kappa shape index (κ3) is 15.9. The van der Waals surface area contributed by atoms with E-state index in [1.807, 2.05) is 20.8 Å². The summed E-state index contributed by atoms with van der Waals surface area (Å²) in [5, 5.41) is 14.1. The second kappa shape index (κ2) is 18.8. The summed E-state index contributed by atoms with van der Waals surface area (Å²) in [5.74, 6) is -0.751. The quantitative estimate of drug-likeness (QED) is 0.145. The van der Waals surface area contributed by atoms with Crippen molar-refractivity contribution in [3.05, 3.63) is 11.4 Å². The van der Waals surface area contributed by atoms with Crippen LogP contribution in [-0.4, -0.2) is 84.2 Å². The lowest BCUT2D eigenvalue weighted by atomic mass is 9.74. The average Bonchev–Trinajstić information content (AvgIpc) is 3.30. The lowest BCUT2D eigenvalue weighted by Crippen LogP contribution is -2.32. The summed E-state index contributed by atoms with van der Waals surface area (Å²) in [4.78, 5) is 37.4. The predicted molar refractivity (Wildman–Crippen MR) is 175 cm³/mol. The molecule has 14 heteroatoms. The van der Waals surface area contributed by atoms with Gasteiger partial charge in [-0.25, -0.2) is 4.68 Å². The third-order valence-corrected chi connectivity index (χ3v) is 8.56. The van der Waals surface area contributed by atoms with Crippen LogP contribution in [0.15, 0.2) is 0 Å². The number of ether oxygens (including phenoxy) is 2. The molecule has 0 bridgehead atoms. The predicted octanol–water partition coefficient (Wildman–Crippen LogP) is 3.82. The average molecular weight is 672 g/mol. The van der Waals surface area contributed by atoms with Gasteiger partial charge in [0.15, 0.2) is 0 Å². The largest absolute Gasteiger partial charge is 0.379 e. The van der Waals surface area contributed by atoms with Gasteiger partial charge >= 0.3 is 0 Å². The van der Waals surface area contributed by atoms with Gasteiger partial charge in [0.2, 0.25) is 11.8 Å². The van der Waals surface area contributed by atoms with Crippen LogP contribution in [-0.2, 0) is 46.9 Å². The number of unbranched alkanes of at least 4 members (excludes halogenated alkanes) is 1. The minimum atomic E-state index is -4.12. The third-order valence-electron chi connectivity index (χ3n) is 7.84. The van der Waals surface area contributed by atoms with Crippen LogP contribution >= 0.6 is 0 Å². The van der Waals surface area contributed by atoms with E-state index in [4.69, 9.17) is 14.0 Å². The first-order valence-corrected chi connectivity index (χ1v) is 18.2. The summed E-state index contributed by atoms with van der Waals surface area (Å²) < 4.78 is 43.6. The molecule has 2 amide bonds. The Kier molecular flexibility index (Phi) is 16.2. The summed E-state index contributed by atoms with van der Waals surface area (Å²) in [6, 6.07) is 0. The number of rotatable bonds is 19. The van der Waals surface area contributed by atoms with E-state index < -0.39 is 15.9 Å². The number of carbonyl (C=O) groups excluding carboxylic acids is 3. The van der Waals surface area contributed by atoms with E-state index >= 15 is 0 Å². The second-order valence-corrected chi connectivity index (χ2v) is 16.0. The maximum absolute atomic E-state index is 13.0. The van der Waals surface area contributed by atoms with Gasteiger partial charge in [-0.15, -0.1) is 5.10 Å². The highest BCUT2D eigenvalue weighted by Gasteiger charge is 2.32. The van der Waals surface area contributed by atoms with Gasteiger partial charge < -0.3 is 20.1 Å². The van der Waals surface area contributed by atoms with E-state index in [-0.39, 0.29) is 60.8 Å². The monoisotopic (exact) mass is 671 g/mol. The van der Waals surface area contributed by atoms with Crippen LogP contribution in [0.2, 0.25) is 0 Å². The zero-order chi connectivity index (χ0) is 34.4. The Morgan fingerprint density at radius 1 is 1.00 bits per heavy atom. The standard InChI is InChI=1S/C32H57N5O8S/c1-31(2,3)22-24(30(40)32(4,5)6)12-10-11-16-33-28(39)23-45-26-14-9-7-8-13-25-29(26)35-36-37(25)18-20-44-19-15-27(38)34-17-21-46(41,42)43/h24,26H,7-23H2,1-6H3,(H,33,39)(H,34,38)(H,41,42,43)/t24-,26?/m0/s1. The molecule has 0 aliphatic heterocycles. The van der Waals surface area contributed by atoms with Crippen LogP contribution in [0.4, 0.5) is 0 Å². The van der Waals surface area contributed by atoms with Gasteiger partial charge in [0.05, 0.1) is 31.2 Å². The molecule has 1 unspecified atom stereocenters. The minimum Gasteiger partial charge on any atom is -0.379 e. The first-order chi connectivity index (χ1) is 21.5. The molecule has 2 rings (SSSR count). The van der Waals surface area contributed by atoms with Crippen molar-refractivity contribution in [3.63, 3.8) is 0 Å². The highest BCUT2D eigenvalue weighted by Crippen LogP contribution is 2.33. The van der Waals surface area contributed by atoms with Gasteiger partial charge in [-0.05, 0) is 43.9 Å². The lowest BCUT2D eigenvalue weighted by molar-refractivity contribution is -0.132. The van der Waals surface area contributed by atoms with Crippen molar-refractivity contribution >= 4 is 27.7 Å². The minimum absolute atomic E-state index is 0.0202. The van der Waals surface area contributed by atoms with Crippen molar-refractivity contribution in [2.75, 3.05) is 38.7 Å². The zero-order valence-electron chi connectivity index (χ0n) is 28.7. The van der Waals surface area contributed by atoms with E-state index in [0.717, 1.165) is 69.2 Å². The summed E-state index contributed by atoms with van der Waals surface area (Å²) in [5.41, 5.74) is 1.42. The molecular formula is C32H57N5O8S. The Hall–Kier alpha value is -2.42. The number of aromatic nitrogens is 3. The Balaban J connectivity index is 1.77. The number of amides is 2. The molecule has 2 atom stereocenters. The smallest absolute Gasteiger partial charge is 0.266 e. The number of hydrogen-bond donors (Lipinski definition) is 3. The van der Waals surface area contributed by atoms with Crippen molar-refractivity contribution in [1.29, 1.82) is 0 Å². The molecule has 1 aliphatic carbocycles. The van der Waals surface area contributed by atoms with Crippen molar-refractivity contribution < 1.29 is 36.8 Å². The maximum atomic E-state index is 13.0. The van der Waals surface area contributed by atoms with Crippen molar-refractivity contribution in [3.8, 4) is 0 Å². The molecule has 0 saturated carbocycles. The van der Waals surface area contributed by atoms with Gasteiger partial charge in [-0.1, -0.05) is 66.0 Å². The van der Waals surface area contributed by atoms with Crippen LogP contribution < -0.4 is 10.6 Å². The Morgan fingerprint density at radius 2 is 1.72 bits per heavy atom.